The zero-order valence-electron chi connectivity index (χ0n) is 44.0. The van der Waals surface area contributed by atoms with Crippen LogP contribution in [0, 0.1) is 0 Å². The quantitative estimate of drug-likeness (QED) is 0.145. The van der Waals surface area contributed by atoms with Crippen LogP contribution in [-0.2, 0) is 0 Å². The van der Waals surface area contributed by atoms with Gasteiger partial charge >= 0.3 is 0 Å². The van der Waals surface area contributed by atoms with Gasteiger partial charge in [0.25, 0.3) is 0 Å². The van der Waals surface area contributed by atoms with E-state index in [9.17, 15) is 0 Å². The summed E-state index contributed by atoms with van der Waals surface area (Å²) in [7, 11) is 0. The first kappa shape index (κ1) is 46.2. The Kier molecular flexibility index (Phi) is 10.8. The molecule has 0 spiro atoms. The number of hydrogen-bond donors (Lipinski definition) is 0. The van der Waals surface area contributed by atoms with Crippen LogP contribution in [0.2, 0.25) is 0 Å². The van der Waals surface area contributed by atoms with Gasteiger partial charge in [0.1, 0.15) is 0 Å². The van der Waals surface area contributed by atoms with Gasteiger partial charge in [-0.2, -0.15) is 0 Å². The molecule has 16 rings (SSSR count). The minimum absolute atomic E-state index is 0.647. The second-order valence-corrected chi connectivity index (χ2v) is 20.9. The highest BCUT2D eigenvalue weighted by Gasteiger charge is 2.22. The van der Waals surface area contributed by atoms with Gasteiger partial charge in [-0.05, 0) is 95.6 Å². The largest absolute Gasteiger partial charge is 0.309 e. The molecule has 4 heterocycles. The lowest BCUT2D eigenvalue weighted by Gasteiger charge is -2.15. The zero-order valence-corrected chi connectivity index (χ0v) is 44.0. The minimum Gasteiger partial charge on any atom is -0.309 e. The maximum atomic E-state index is 5.56. The highest BCUT2D eigenvalue weighted by molar-refractivity contribution is 6.16. The van der Waals surface area contributed by atoms with E-state index in [1.165, 1.54) is 59.9 Å². The Balaban J connectivity index is 0.895. The van der Waals surface area contributed by atoms with Crippen molar-refractivity contribution in [3.05, 3.63) is 297 Å². The van der Waals surface area contributed by atoms with E-state index in [0.29, 0.717) is 5.82 Å². The van der Waals surface area contributed by atoms with Gasteiger partial charge in [-0.3, -0.25) is 0 Å². The van der Waals surface area contributed by atoms with Gasteiger partial charge in [-0.1, -0.05) is 218 Å². The van der Waals surface area contributed by atoms with Gasteiger partial charge in [-0.15, -0.1) is 0 Å². The van der Waals surface area contributed by atoms with Crippen molar-refractivity contribution in [2.45, 2.75) is 0 Å². The first-order chi connectivity index (χ1) is 40.2. The maximum absolute atomic E-state index is 5.56. The smallest absolute Gasteiger partial charge is 0.160 e. The van der Waals surface area contributed by atoms with Crippen molar-refractivity contribution >= 4 is 65.4 Å². The molecule has 0 aliphatic rings. The summed E-state index contributed by atoms with van der Waals surface area (Å²) in [6, 6.07) is 107. The van der Waals surface area contributed by atoms with Gasteiger partial charge in [0.15, 0.2) is 5.82 Å². The van der Waals surface area contributed by atoms with Crippen molar-refractivity contribution in [2.75, 3.05) is 0 Å². The lowest BCUT2D eigenvalue weighted by atomic mass is 9.97. The van der Waals surface area contributed by atoms with Gasteiger partial charge in [-0.25, -0.2) is 9.97 Å². The molecule has 81 heavy (non-hydrogen) atoms. The summed E-state index contributed by atoms with van der Waals surface area (Å²) in [6.45, 7) is 0. The van der Waals surface area contributed by atoms with Crippen LogP contribution in [0.5, 0.6) is 0 Å². The summed E-state index contributed by atoms with van der Waals surface area (Å²) in [6.07, 6.45) is 0. The highest BCUT2D eigenvalue weighted by atomic mass is 15.0. The van der Waals surface area contributed by atoms with Crippen LogP contribution in [0.15, 0.2) is 297 Å². The van der Waals surface area contributed by atoms with Crippen molar-refractivity contribution in [2.24, 2.45) is 0 Å². The summed E-state index contributed by atoms with van der Waals surface area (Å²) in [5.41, 5.74) is 21.7. The first-order valence-corrected chi connectivity index (χ1v) is 27.6. The van der Waals surface area contributed by atoms with Crippen molar-refractivity contribution in [3.63, 3.8) is 0 Å². The Morgan fingerprint density at radius 1 is 0.210 bits per heavy atom. The molecule has 0 aliphatic heterocycles. The molecule has 16 aromatic rings. The first-order valence-electron chi connectivity index (χ1n) is 27.6. The number of rotatable bonds is 9. The van der Waals surface area contributed by atoms with Crippen LogP contribution >= 0.6 is 0 Å². The van der Waals surface area contributed by atoms with E-state index in [-0.39, 0.29) is 0 Å². The summed E-state index contributed by atoms with van der Waals surface area (Å²) >= 11 is 0. The Labute approximate surface area is 468 Å². The van der Waals surface area contributed by atoms with E-state index < -0.39 is 0 Å². The summed E-state index contributed by atoms with van der Waals surface area (Å²) in [5, 5.41) is 7.29. The average molecular weight is 1030 g/mol. The number of para-hydroxylation sites is 9. The molecule has 0 saturated heterocycles. The van der Waals surface area contributed by atoms with E-state index in [2.05, 4.69) is 311 Å². The van der Waals surface area contributed by atoms with Crippen LogP contribution in [0.25, 0.3) is 150 Å². The number of nitrogens with zero attached hydrogens (tertiary/aromatic N) is 5. The SMILES string of the molecule is c1ccc(-n2c3ccccc3c3cccc(-c4cccc(-c5cc(-c6cccc(-c7cccc8c9ccccc9n(-c9ccccc9)c78)c6)nc(-c6cccc(-c7cccc8c9ccccc9n(-c9ccccc9)c78)c6)n5)c4)c32)cc1. The molecule has 0 radical (unpaired) electrons. The monoisotopic (exact) mass is 1030 g/mol. The molecule has 0 aliphatic carbocycles. The fourth-order valence-electron chi connectivity index (χ4n) is 12.7. The van der Waals surface area contributed by atoms with Crippen molar-refractivity contribution in [3.8, 4) is 84.3 Å². The lowest BCUT2D eigenvalue weighted by molar-refractivity contribution is 1.18. The highest BCUT2D eigenvalue weighted by Crippen LogP contribution is 2.43. The predicted octanol–water partition coefficient (Wildman–Crippen LogP) is 19.8. The summed E-state index contributed by atoms with van der Waals surface area (Å²) in [4.78, 5) is 11.1. The average Bonchev–Trinajstić information content (AvgIpc) is 4.32. The number of fused-ring (bicyclic) bond motifs is 9. The van der Waals surface area contributed by atoms with Crippen LogP contribution < -0.4 is 0 Å². The normalized spacial score (nSPS) is 11.7. The van der Waals surface area contributed by atoms with E-state index in [1.54, 1.807) is 0 Å². The molecule has 0 unspecified atom stereocenters. The van der Waals surface area contributed by atoms with Crippen LogP contribution in [0.3, 0.4) is 0 Å². The molecule has 0 saturated carbocycles. The van der Waals surface area contributed by atoms with Crippen molar-refractivity contribution in [1.29, 1.82) is 0 Å². The molecule has 0 amide bonds. The molecule has 0 atom stereocenters. The molecule has 5 heteroatoms. The number of aromatic nitrogens is 5. The third kappa shape index (κ3) is 7.62. The second kappa shape index (κ2) is 18.9. The van der Waals surface area contributed by atoms with Crippen LogP contribution in [0.4, 0.5) is 0 Å². The molecule has 378 valence electrons. The topological polar surface area (TPSA) is 40.6 Å². The number of benzene rings is 12. The van der Waals surface area contributed by atoms with Gasteiger partial charge in [0.2, 0.25) is 0 Å². The third-order valence-corrected chi connectivity index (χ3v) is 16.2. The fraction of sp³-hybridized carbons (Fsp3) is 0. The molecular weight excluding hydrogens is 983 g/mol. The molecule has 12 aromatic carbocycles. The number of hydrogen-bond acceptors (Lipinski definition) is 2. The molecule has 5 nitrogen and oxygen atoms in total. The molecular formula is C76H49N5. The van der Waals surface area contributed by atoms with E-state index in [0.717, 1.165) is 84.0 Å². The standard InChI is InChI=1S/C76H49N5/c1-4-28-56(29-5-1)79-70-43-13-10-34-62(70)65-40-19-37-59(73(65)79)50-22-16-25-53(46-50)68-49-69(54-26-17-23-51(47-54)60-38-20-41-66-63-35-11-14-44-71(63)80(74(60)66)57-30-6-2-7-31-57)78-76(77-68)55-27-18-24-52(48-55)61-39-21-42-67-64-36-12-15-45-72(64)81(75(61)67)58-32-8-3-9-33-58/h1-49H. The summed E-state index contributed by atoms with van der Waals surface area (Å²) < 4.78 is 7.22. The van der Waals surface area contributed by atoms with E-state index in [4.69, 9.17) is 9.97 Å². The molecule has 0 N–H and O–H groups in total. The summed E-state index contributed by atoms with van der Waals surface area (Å²) in [5.74, 6) is 0.647. The Morgan fingerprint density at radius 3 is 0.864 bits per heavy atom. The van der Waals surface area contributed by atoms with E-state index in [1.807, 2.05) is 0 Å². The molecule has 0 fully saturated rings. The van der Waals surface area contributed by atoms with E-state index >= 15 is 0 Å². The Bertz CT molecular complexity index is 4580. The second-order valence-electron chi connectivity index (χ2n) is 20.9. The van der Waals surface area contributed by atoms with Crippen LogP contribution in [0.1, 0.15) is 0 Å². The third-order valence-electron chi connectivity index (χ3n) is 16.2. The van der Waals surface area contributed by atoms with Crippen molar-refractivity contribution in [1.82, 2.24) is 23.7 Å². The van der Waals surface area contributed by atoms with Crippen molar-refractivity contribution < 1.29 is 0 Å². The zero-order chi connectivity index (χ0) is 53.4. The Morgan fingerprint density at radius 2 is 0.494 bits per heavy atom. The Hall–Kier alpha value is -10.9. The maximum Gasteiger partial charge on any atom is 0.160 e. The van der Waals surface area contributed by atoms with Gasteiger partial charge < -0.3 is 13.7 Å². The predicted molar refractivity (Wildman–Crippen MR) is 338 cm³/mol. The van der Waals surface area contributed by atoms with Crippen LogP contribution in [-0.4, -0.2) is 23.7 Å². The van der Waals surface area contributed by atoms with Gasteiger partial charge in [0, 0.05) is 82.8 Å². The lowest BCUT2D eigenvalue weighted by Crippen LogP contribution is -1.98. The molecule has 4 aromatic heterocycles. The fourth-order valence-corrected chi connectivity index (χ4v) is 12.7. The minimum atomic E-state index is 0.647. The van der Waals surface area contributed by atoms with Gasteiger partial charge in [0.05, 0.1) is 44.5 Å². The molecule has 0 bridgehead atoms.